The van der Waals surface area contributed by atoms with Crippen LogP contribution in [0.4, 0.5) is 4.79 Å². The Hall–Kier alpha value is -0.505. The van der Waals surface area contributed by atoms with Gasteiger partial charge in [0.2, 0.25) is 7.28 Å². The molecule has 0 heterocycles. The van der Waals surface area contributed by atoms with E-state index in [4.69, 9.17) is 0 Å². The highest BCUT2D eigenvalue weighted by Gasteiger charge is 1.88. The van der Waals surface area contributed by atoms with Gasteiger partial charge in [-0.05, 0) is 0 Å². The molecule has 0 bridgehead atoms. The Labute approximate surface area is 37.1 Å². The molecular weight excluding hydrogens is 78.8 g/mol. The SMILES string of the molecule is C[B]C(=O)NN. The van der Waals surface area contributed by atoms with Crippen LogP contribution in [0.1, 0.15) is 0 Å². The minimum absolute atomic E-state index is 0.255. The number of carbonyl (C=O) groups excluding carboxylic acids is 1. The molecule has 0 aliphatic heterocycles. The van der Waals surface area contributed by atoms with Gasteiger partial charge in [-0.1, -0.05) is 6.82 Å². The zero-order valence-corrected chi connectivity index (χ0v) is 3.56. The van der Waals surface area contributed by atoms with Gasteiger partial charge in [0.25, 0.3) is 0 Å². The Morgan fingerprint density at radius 3 is 2.50 bits per heavy atom. The van der Waals surface area contributed by atoms with Crippen LogP contribution in [0, 0.1) is 0 Å². The smallest absolute Gasteiger partial charge is 0.231 e. The van der Waals surface area contributed by atoms with Crippen molar-refractivity contribution in [2.45, 2.75) is 6.82 Å². The Balaban J connectivity index is 2.99. The predicted molar refractivity (Wildman–Crippen MR) is 24.3 cm³/mol. The summed E-state index contributed by atoms with van der Waals surface area (Å²) in [6.07, 6.45) is 0. The first kappa shape index (κ1) is 5.49. The summed E-state index contributed by atoms with van der Waals surface area (Å²) in [4.78, 5) is 9.89. The van der Waals surface area contributed by atoms with Gasteiger partial charge < -0.3 is 5.43 Å². The fraction of sp³-hybridized carbons (Fsp3) is 0.500. The third-order valence-electron chi connectivity index (χ3n) is 0.404. The second kappa shape index (κ2) is 2.72. The number of hydrazine groups is 1. The van der Waals surface area contributed by atoms with Gasteiger partial charge in [0, 0.05) is 0 Å². The van der Waals surface area contributed by atoms with E-state index in [0.29, 0.717) is 0 Å². The molecule has 0 aliphatic rings. The minimum atomic E-state index is -0.255. The summed E-state index contributed by atoms with van der Waals surface area (Å²) in [6, 6.07) is 0. The second-order valence-corrected chi connectivity index (χ2v) is 0.797. The molecule has 0 rings (SSSR count). The molecule has 1 radical (unpaired) electrons. The standard InChI is InChI=1S/C2H6BN2O/c1-3-2(6)5-4/h4H2,1H3,(H,5,6). The molecule has 0 aromatic heterocycles. The molecular formula is C2H6BN2O. The van der Waals surface area contributed by atoms with Crippen molar-refractivity contribution < 1.29 is 4.79 Å². The lowest BCUT2D eigenvalue weighted by atomic mass is 9.82. The van der Waals surface area contributed by atoms with Crippen LogP contribution in [0.15, 0.2) is 0 Å². The molecule has 6 heavy (non-hydrogen) atoms. The maximum absolute atomic E-state index is 9.89. The van der Waals surface area contributed by atoms with Crippen molar-refractivity contribution in [1.29, 1.82) is 0 Å². The molecule has 0 aliphatic carbocycles. The van der Waals surface area contributed by atoms with Gasteiger partial charge in [0.15, 0.2) is 5.81 Å². The van der Waals surface area contributed by atoms with Crippen molar-refractivity contribution in [2.24, 2.45) is 5.84 Å². The number of hydrogen-bond acceptors (Lipinski definition) is 2. The molecule has 3 nitrogen and oxygen atoms in total. The minimum Gasteiger partial charge on any atom is -0.304 e. The molecule has 3 N–H and O–H groups in total. The van der Waals surface area contributed by atoms with E-state index in [1.54, 1.807) is 6.82 Å². The van der Waals surface area contributed by atoms with Gasteiger partial charge in [-0.15, -0.1) is 0 Å². The number of nitrogens with two attached hydrogens (primary N) is 1. The fourth-order valence-corrected chi connectivity index (χ4v) is 0.0833. The highest BCUT2D eigenvalue weighted by molar-refractivity contribution is 6.72. The third kappa shape index (κ3) is 1.78. The molecule has 0 aromatic carbocycles. The molecule has 0 saturated carbocycles. The molecule has 0 saturated heterocycles. The van der Waals surface area contributed by atoms with Crippen LogP contribution < -0.4 is 11.3 Å². The number of rotatable bonds is 1. The molecule has 0 unspecified atom stereocenters. The van der Waals surface area contributed by atoms with Crippen LogP contribution in [-0.4, -0.2) is 13.1 Å². The van der Waals surface area contributed by atoms with Gasteiger partial charge in [-0.2, -0.15) is 0 Å². The van der Waals surface area contributed by atoms with E-state index in [2.05, 4.69) is 5.84 Å². The van der Waals surface area contributed by atoms with Crippen LogP contribution >= 0.6 is 0 Å². The Bertz CT molecular complexity index is 49.5. The van der Waals surface area contributed by atoms with Gasteiger partial charge in [-0.3, -0.25) is 4.79 Å². The third-order valence-corrected chi connectivity index (χ3v) is 0.404. The summed E-state index contributed by atoms with van der Waals surface area (Å²) < 4.78 is 0. The van der Waals surface area contributed by atoms with Crippen molar-refractivity contribution in [3.63, 3.8) is 0 Å². The normalized spacial score (nSPS) is 7.00. The van der Waals surface area contributed by atoms with Crippen LogP contribution in [0.2, 0.25) is 6.82 Å². The van der Waals surface area contributed by atoms with Gasteiger partial charge in [0.1, 0.15) is 0 Å². The van der Waals surface area contributed by atoms with Crippen LogP contribution in [-0.2, 0) is 0 Å². The summed E-state index contributed by atoms with van der Waals surface area (Å²) in [5, 5.41) is 0. The summed E-state index contributed by atoms with van der Waals surface area (Å²) in [5.74, 6) is 4.40. The van der Waals surface area contributed by atoms with Gasteiger partial charge >= 0.3 is 0 Å². The van der Waals surface area contributed by atoms with Crippen LogP contribution in [0.3, 0.4) is 0 Å². The maximum Gasteiger partial charge on any atom is 0.231 e. The molecule has 0 fully saturated rings. The summed E-state index contributed by atoms with van der Waals surface area (Å²) in [5.41, 5.74) is 1.92. The average molecular weight is 84.9 g/mol. The van der Waals surface area contributed by atoms with Crippen LogP contribution in [0.25, 0.3) is 0 Å². The quantitative estimate of drug-likeness (QED) is 0.192. The number of carbonyl (C=O) groups is 1. The summed E-state index contributed by atoms with van der Waals surface area (Å²) >= 11 is 0. The lowest BCUT2D eigenvalue weighted by Gasteiger charge is -1.86. The van der Waals surface area contributed by atoms with E-state index < -0.39 is 0 Å². The van der Waals surface area contributed by atoms with E-state index in [9.17, 15) is 4.79 Å². The number of nitrogens with one attached hydrogen (secondary N) is 1. The van der Waals surface area contributed by atoms with E-state index in [-0.39, 0.29) is 5.81 Å². The van der Waals surface area contributed by atoms with Crippen molar-refractivity contribution in [3.05, 3.63) is 0 Å². The van der Waals surface area contributed by atoms with E-state index >= 15 is 0 Å². The summed E-state index contributed by atoms with van der Waals surface area (Å²) in [6.45, 7) is 1.61. The number of amides is 1. The zero-order valence-electron chi connectivity index (χ0n) is 3.56. The monoisotopic (exact) mass is 85.1 g/mol. The molecule has 0 spiro atoms. The first-order valence-corrected chi connectivity index (χ1v) is 1.61. The molecule has 4 heteroatoms. The Kier molecular flexibility index (Phi) is 2.49. The van der Waals surface area contributed by atoms with E-state index in [0.717, 1.165) is 0 Å². The lowest BCUT2D eigenvalue weighted by Crippen LogP contribution is -2.31. The van der Waals surface area contributed by atoms with Gasteiger partial charge in [-0.25, -0.2) is 5.84 Å². The number of hydrogen-bond donors (Lipinski definition) is 2. The second-order valence-electron chi connectivity index (χ2n) is 0.797. The first-order chi connectivity index (χ1) is 2.81. The lowest BCUT2D eigenvalue weighted by molar-refractivity contribution is 0.259. The van der Waals surface area contributed by atoms with Crippen molar-refractivity contribution in [2.75, 3.05) is 0 Å². The molecule has 1 amide bonds. The molecule has 0 aromatic rings. The Morgan fingerprint density at radius 1 is 2.00 bits per heavy atom. The zero-order chi connectivity index (χ0) is 4.99. The molecule has 0 atom stereocenters. The predicted octanol–water partition coefficient (Wildman–Crippen LogP) is -0.678. The van der Waals surface area contributed by atoms with Crippen molar-refractivity contribution >= 4 is 13.1 Å². The van der Waals surface area contributed by atoms with Crippen LogP contribution in [0.5, 0.6) is 0 Å². The van der Waals surface area contributed by atoms with E-state index in [1.807, 2.05) is 5.43 Å². The largest absolute Gasteiger partial charge is 0.304 e. The highest BCUT2D eigenvalue weighted by atomic mass is 16.1. The van der Waals surface area contributed by atoms with E-state index in [1.165, 1.54) is 7.28 Å². The summed E-state index contributed by atoms with van der Waals surface area (Å²) in [7, 11) is 1.35. The average Bonchev–Trinajstić information content (AvgIpc) is 1.65. The molecule has 33 valence electrons. The fourth-order valence-electron chi connectivity index (χ4n) is 0.0833. The maximum atomic E-state index is 9.89. The van der Waals surface area contributed by atoms with Crippen molar-refractivity contribution in [1.82, 2.24) is 5.43 Å². The van der Waals surface area contributed by atoms with Gasteiger partial charge in [0.05, 0.1) is 0 Å². The topological polar surface area (TPSA) is 55.1 Å². The first-order valence-electron chi connectivity index (χ1n) is 1.61. The van der Waals surface area contributed by atoms with Crippen molar-refractivity contribution in [3.8, 4) is 0 Å². The Morgan fingerprint density at radius 2 is 2.50 bits per heavy atom. The highest BCUT2D eigenvalue weighted by Crippen LogP contribution is 1.56.